The molecule has 0 bridgehead atoms. The van der Waals surface area contributed by atoms with Crippen LogP contribution in [0.2, 0.25) is 0 Å². The van der Waals surface area contributed by atoms with Gasteiger partial charge in [-0.3, -0.25) is 0 Å². The van der Waals surface area contributed by atoms with Crippen molar-refractivity contribution in [2.45, 2.75) is 0 Å². The average molecular weight is 140 g/mol. The second-order valence-corrected chi connectivity index (χ2v) is 1.36. The lowest BCUT2D eigenvalue weighted by atomic mass is 10.4. The maximum Gasteiger partial charge on any atom is 0.0642 e. The molecule has 10 heavy (non-hydrogen) atoms. The molecule has 0 saturated carbocycles. The Morgan fingerprint density at radius 1 is 0.900 bits per heavy atom. The number of allylic oxidation sites excluding steroid dienone is 2. The molecule has 0 aliphatic heterocycles. The Balaban J connectivity index is 3.73. The molecule has 0 saturated heterocycles. The van der Waals surface area contributed by atoms with Crippen molar-refractivity contribution in [3.05, 3.63) is 24.3 Å². The van der Waals surface area contributed by atoms with Crippen LogP contribution in [0.3, 0.4) is 0 Å². The van der Waals surface area contributed by atoms with Gasteiger partial charge in [0.05, 0.1) is 11.9 Å². The number of carboxylic acid groups (broad SMARTS) is 2. The van der Waals surface area contributed by atoms with Crippen molar-refractivity contribution in [1.82, 2.24) is 0 Å². The number of hydrogen-bond donors (Lipinski definition) is 0. The van der Waals surface area contributed by atoms with Crippen LogP contribution >= 0.6 is 0 Å². The average Bonchev–Trinajstić information content (AvgIpc) is 1.79. The van der Waals surface area contributed by atoms with Crippen LogP contribution in [0.25, 0.3) is 0 Å². The number of carboxylic acids is 2. The van der Waals surface area contributed by atoms with Crippen molar-refractivity contribution in [1.29, 1.82) is 0 Å². The number of hydrogen-bond acceptors (Lipinski definition) is 4. The highest BCUT2D eigenvalue weighted by atomic mass is 16.4. The maximum atomic E-state index is 9.65. The SMILES string of the molecule is O=C([O-])C=CC=CC(=O)[O-]. The number of carbonyl (C=O) groups excluding carboxylic acids is 2. The van der Waals surface area contributed by atoms with E-state index in [0.29, 0.717) is 12.2 Å². The monoisotopic (exact) mass is 140 g/mol. The lowest BCUT2D eigenvalue weighted by Gasteiger charge is -1.88. The van der Waals surface area contributed by atoms with Crippen LogP contribution in [0, 0.1) is 0 Å². The minimum absolute atomic E-state index is 0.708. The molecule has 4 heteroatoms. The summed E-state index contributed by atoms with van der Waals surface area (Å²) in [6, 6.07) is 0. The minimum Gasteiger partial charge on any atom is -0.545 e. The first-order chi connectivity index (χ1) is 4.63. The van der Waals surface area contributed by atoms with Gasteiger partial charge in [-0.2, -0.15) is 0 Å². The quantitative estimate of drug-likeness (QED) is 0.323. The molecular formula is C6H4O4-2. The van der Waals surface area contributed by atoms with E-state index >= 15 is 0 Å². The van der Waals surface area contributed by atoms with Gasteiger partial charge in [0.2, 0.25) is 0 Å². The normalized spacial score (nSPS) is 10.8. The summed E-state index contributed by atoms with van der Waals surface area (Å²) in [5.41, 5.74) is 0. The summed E-state index contributed by atoms with van der Waals surface area (Å²) in [5.74, 6) is -2.74. The predicted molar refractivity (Wildman–Crippen MR) is 28.3 cm³/mol. The Labute approximate surface area is 57.1 Å². The van der Waals surface area contributed by atoms with E-state index in [4.69, 9.17) is 0 Å². The Morgan fingerprint density at radius 3 is 1.40 bits per heavy atom. The van der Waals surface area contributed by atoms with Gasteiger partial charge in [-0.05, 0) is 12.2 Å². The zero-order chi connectivity index (χ0) is 7.98. The first-order valence-corrected chi connectivity index (χ1v) is 2.39. The molecule has 0 atom stereocenters. The molecule has 0 aliphatic carbocycles. The second kappa shape index (κ2) is 4.31. The van der Waals surface area contributed by atoms with E-state index in [1.54, 1.807) is 0 Å². The molecule has 0 N–H and O–H groups in total. The molecule has 0 fully saturated rings. The molecule has 54 valence electrons. The van der Waals surface area contributed by atoms with E-state index in [1.165, 1.54) is 0 Å². The van der Waals surface area contributed by atoms with Crippen LogP contribution in [0.15, 0.2) is 24.3 Å². The third-order valence-corrected chi connectivity index (χ3v) is 0.576. The van der Waals surface area contributed by atoms with Crippen LogP contribution in [0.4, 0.5) is 0 Å². The zero-order valence-corrected chi connectivity index (χ0v) is 4.94. The summed E-state index contributed by atoms with van der Waals surface area (Å²) >= 11 is 0. The highest BCUT2D eigenvalue weighted by molar-refractivity contribution is 5.80. The Kier molecular flexibility index (Phi) is 3.63. The molecule has 0 amide bonds. The van der Waals surface area contributed by atoms with Gasteiger partial charge >= 0.3 is 0 Å². The molecule has 0 unspecified atom stereocenters. The van der Waals surface area contributed by atoms with Crippen molar-refractivity contribution >= 4 is 11.9 Å². The predicted octanol–water partition coefficient (Wildman–Crippen LogP) is -2.40. The summed E-state index contributed by atoms with van der Waals surface area (Å²) in [5, 5.41) is 19.3. The van der Waals surface area contributed by atoms with Gasteiger partial charge in [0, 0.05) is 0 Å². The van der Waals surface area contributed by atoms with Crippen LogP contribution in [-0.4, -0.2) is 11.9 Å². The van der Waals surface area contributed by atoms with Gasteiger partial charge in [-0.1, -0.05) is 12.2 Å². The van der Waals surface area contributed by atoms with E-state index in [2.05, 4.69) is 0 Å². The fraction of sp³-hybridized carbons (Fsp3) is 0. The van der Waals surface area contributed by atoms with Crippen LogP contribution in [0.5, 0.6) is 0 Å². The van der Waals surface area contributed by atoms with Crippen molar-refractivity contribution in [3.8, 4) is 0 Å². The largest absolute Gasteiger partial charge is 0.545 e. The summed E-state index contributed by atoms with van der Waals surface area (Å²) in [6.07, 6.45) is 3.48. The summed E-state index contributed by atoms with van der Waals surface area (Å²) in [4.78, 5) is 19.3. The van der Waals surface area contributed by atoms with Gasteiger partial charge < -0.3 is 19.8 Å². The van der Waals surface area contributed by atoms with Crippen molar-refractivity contribution in [2.24, 2.45) is 0 Å². The number of rotatable bonds is 3. The molecule has 0 aromatic rings. The molecule has 0 radical (unpaired) electrons. The van der Waals surface area contributed by atoms with E-state index in [-0.39, 0.29) is 0 Å². The second-order valence-electron chi connectivity index (χ2n) is 1.36. The van der Waals surface area contributed by atoms with Gasteiger partial charge in [0.25, 0.3) is 0 Å². The van der Waals surface area contributed by atoms with E-state index in [0.717, 1.165) is 12.2 Å². The van der Waals surface area contributed by atoms with Crippen LogP contribution in [0.1, 0.15) is 0 Å². The zero-order valence-electron chi connectivity index (χ0n) is 4.94. The van der Waals surface area contributed by atoms with Gasteiger partial charge in [0.1, 0.15) is 0 Å². The molecule has 0 aromatic carbocycles. The first kappa shape index (κ1) is 8.42. The minimum atomic E-state index is -1.37. The molecule has 4 nitrogen and oxygen atoms in total. The van der Waals surface area contributed by atoms with E-state index in [9.17, 15) is 19.8 Å². The molecule has 0 aliphatic rings. The summed E-state index contributed by atoms with van der Waals surface area (Å²) < 4.78 is 0. The number of carbonyl (C=O) groups is 2. The molecule has 0 rings (SSSR count). The topological polar surface area (TPSA) is 80.3 Å². The Hall–Kier alpha value is -1.58. The van der Waals surface area contributed by atoms with Gasteiger partial charge in [0.15, 0.2) is 0 Å². The first-order valence-electron chi connectivity index (χ1n) is 2.39. The lowest BCUT2D eigenvalue weighted by Crippen LogP contribution is -2.19. The fourth-order valence-corrected chi connectivity index (χ4v) is 0.268. The van der Waals surface area contributed by atoms with Gasteiger partial charge in [-0.25, -0.2) is 0 Å². The highest BCUT2D eigenvalue weighted by Gasteiger charge is 1.69. The van der Waals surface area contributed by atoms with Crippen molar-refractivity contribution < 1.29 is 19.8 Å². The fourth-order valence-electron chi connectivity index (χ4n) is 0.268. The number of aliphatic carboxylic acids is 2. The molecule has 0 aromatic heterocycles. The summed E-state index contributed by atoms with van der Waals surface area (Å²) in [7, 11) is 0. The van der Waals surface area contributed by atoms with Crippen molar-refractivity contribution in [3.63, 3.8) is 0 Å². The van der Waals surface area contributed by atoms with Gasteiger partial charge in [-0.15, -0.1) is 0 Å². The summed E-state index contributed by atoms with van der Waals surface area (Å²) in [6.45, 7) is 0. The Morgan fingerprint density at radius 2 is 1.20 bits per heavy atom. The third-order valence-electron chi connectivity index (χ3n) is 0.576. The standard InChI is InChI=1S/C6H6O4/c7-5(8)3-1-2-4-6(9)10/h1-4H,(H,7,8)(H,9,10)/p-2. The third kappa shape index (κ3) is 6.42. The van der Waals surface area contributed by atoms with E-state index < -0.39 is 11.9 Å². The van der Waals surface area contributed by atoms with Crippen LogP contribution in [-0.2, 0) is 9.59 Å². The lowest BCUT2D eigenvalue weighted by molar-refractivity contribution is -0.299. The smallest absolute Gasteiger partial charge is 0.0642 e. The van der Waals surface area contributed by atoms with E-state index in [1.807, 2.05) is 0 Å². The molecule has 0 spiro atoms. The molecular weight excluding hydrogens is 136 g/mol. The maximum absolute atomic E-state index is 9.65. The highest BCUT2D eigenvalue weighted by Crippen LogP contribution is 1.74. The van der Waals surface area contributed by atoms with Crippen LogP contribution < -0.4 is 10.2 Å². The Bertz CT molecular complexity index is 168. The van der Waals surface area contributed by atoms with Crippen molar-refractivity contribution in [2.75, 3.05) is 0 Å². The molecule has 0 heterocycles.